The lowest BCUT2D eigenvalue weighted by molar-refractivity contribution is 0.318. The van der Waals surface area contributed by atoms with Crippen LogP contribution in [0.25, 0.3) is 0 Å². The molecule has 0 spiro atoms. The summed E-state index contributed by atoms with van der Waals surface area (Å²) in [5.74, 6) is 1.51. The van der Waals surface area contributed by atoms with E-state index in [1.165, 1.54) is 6.26 Å². The maximum Gasteiger partial charge on any atom is 0.170 e. The Morgan fingerprint density at radius 3 is 2.81 bits per heavy atom. The molecule has 21 heavy (non-hydrogen) atoms. The molecule has 1 heterocycles. The van der Waals surface area contributed by atoms with Crippen molar-refractivity contribution in [2.24, 2.45) is 10.9 Å². The number of nitrogens with two attached hydrogens (primary N) is 1. The molecular weight excluding hydrogens is 310 g/mol. The molecule has 1 aromatic rings. The number of hydrogen-bond donors (Lipinski definition) is 2. The number of sulfone groups is 1. The van der Waals surface area contributed by atoms with Gasteiger partial charge in [-0.25, -0.2) is 8.42 Å². The Kier molecular flexibility index (Phi) is 4.67. The van der Waals surface area contributed by atoms with Crippen LogP contribution in [0.15, 0.2) is 23.4 Å². The first-order valence-electron chi connectivity index (χ1n) is 6.46. The van der Waals surface area contributed by atoms with Gasteiger partial charge in [-0.3, -0.25) is 0 Å². The highest BCUT2D eigenvalue weighted by atomic mass is 32.2. The average Bonchev–Trinajstić information content (AvgIpc) is 2.45. The lowest BCUT2D eigenvalue weighted by Gasteiger charge is -2.36. The van der Waals surface area contributed by atoms with E-state index < -0.39 is 15.2 Å². The Morgan fingerprint density at radius 1 is 1.52 bits per heavy atom. The second kappa shape index (κ2) is 6.15. The molecule has 6 nitrogen and oxygen atoms in total. The van der Waals surface area contributed by atoms with Crippen molar-refractivity contribution in [1.82, 2.24) is 0 Å². The minimum Gasteiger partial charge on any atom is -0.409 e. The van der Waals surface area contributed by atoms with Crippen LogP contribution in [0.2, 0.25) is 0 Å². The fourth-order valence-electron chi connectivity index (χ4n) is 2.40. The molecule has 116 valence electrons. The topological polar surface area (TPSA) is 96.0 Å². The summed E-state index contributed by atoms with van der Waals surface area (Å²) in [6, 6.07) is 5.44. The van der Waals surface area contributed by atoms with E-state index in [0.717, 1.165) is 17.0 Å². The molecule has 1 aliphatic rings. The quantitative estimate of drug-likeness (QED) is 0.372. The summed E-state index contributed by atoms with van der Waals surface area (Å²) < 4.78 is 23.9. The summed E-state index contributed by atoms with van der Waals surface area (Å²) in [6.07, 6.45) is 1.27. The molecule has 0 bridgehead atoms. The third-order valence-electron chi connectivity index (χ3n) is 3.50. The highest BCUT2D eigenvalue weighted by Crippen LogP contribution is 2.28. The third kappa shape index (κ3) is 3.44. The molecule has 2 rings (SSSR count). The molecule has 0 aromatic heterocycles. The Hall–Kier alpha value is -1.41. The Bertz CT molecular complexity index is 659. The lowest BCUT2D eigenvalue weighted by Crippen LogP contribution is -2.47. The van der Waals surface area contributed by atoms with E-state index in [4.69, 9.17) is 10.9 Å². The smallest absolute Gasteiger partial charge is 0.170 e. The number of anilines is 1. The molecule has 1 unspecified atom stereocenters. The van der Waals surface area contributed by atoms with Crippen molar-refractivity contribution in [3.05, 3.63) is 29.3 Å². The van der Waals surface area contributed by atoms with E-state index >= 15 is 0 Å². The van der Waals surface area contributed by atoms with Crippen LogP contribution in [0, 0.1) is 6.92 Å². The van der Waals surface area contributed by atoms with Gasteiger partial charge in [0.1, 0.15) is 5.37 Å². The second-order valence-electron chi connectivity index (χ2n) is 5.04. The van der Waals surface area contributed by atoms with Crippen molar-refractivity contribution >= 4 is 33.1 Å². The Labute approximate surface area is 128 Å². The van der Waals surface area contributed by atoms with E-state index in [1.54, 1.807) is 17.8 Å². The van der Waals surface area contributed by atoms with Crippen LogP contribution < -0.4 is 10.6 Å². The summed E-state index contributed by atoms with van der Waals surface area (Å²) in [7, 11) is -3.15. The molecule has 1 saturated heterocycles. The van der Waals surface area contributed by atoms with Gasteiger partial charge in [0.05, 0.1) is 0 Å². The highest BCUT2D eigenvalue weighted by Gasteiger charge is 2.31. The summed E-state index contributed by atoms with van der Waals surface area (Å²) in [5, 5.41) is 11.2. The second-order valence-corrected chi connectivity index (χ2v) is 8.39. The third-order valence-corrected chi connectivity index (χ3v) is 6.15. The largest absolute Gasteiger partial charge is 0.409 e. The molecule has 8 heteroatoms. The summed E-state index contributed by atoms with van der Waals surface area (Å²) in [5.41, 5.74) is 7.94. The molecule has 3 N–H and O–H groups in total. The molecule has 0 radical (unpaired) electrons. The number of nitrogens with zero attached hydrogens (tertiary/aromatic N) is 2. The van der Waals surface area contributed by atoms with Crippen LogP contribution in [0.3, 0.4) is 0 Å². The molecule has 1 fully saturated rings. The van der Waals surface area contributed by atoms with Gasteiger partial charge in [0, 0.05) is 35.6 Å². The van der Waals surface area contributed by atoms with Crippen LogP contribution in [0.1, 0.15) is 11.1 Å². The number of benzene rings is 1. The van der Waals surface area contributed by atoms with E-state index in [2.05, 4.69) is 5.16 Å². The standard InChI is InChI=1S/C13H19N3O3S2/c1-9-7-10(3-4-11(9)13(14)15-17)16-5-6-20-8-12(16)21(2,18)19/h3-4,7,12,17H,5-6,8H2,1-2H3,(H2,14,15). The van der Waals surface area contributed by atoms with Crippen LogP contribution in [-0.2, 0) is 9.84 Å². The summed E-state index contributed by atoms with van der Waals surface area (Å²) in [4.78, 5) is 1.91. The van der Waals surface area contributed by atoms with E-state index in [1.807, 2.05) is 24.0 Å². The molecule has 1 aromatic carbocycles. The van der Waals surface area contributed by atoms with Gasteiger partial charge in [0.15, 0.2) is 15.7 Å². The summed E-state index contributed by atoms with van der Waals surface area (Å²) in [6.45, 7) is 2.54. The molecule has 0 aliphatic carbocycles. The van der Waals surface area contributed by atoms with Crippen molar-refractivity contribution in [3.63, 3.8) is 0 Å². The predicted octanol–water partition coefficient (Wildman–Crippen LogP) is 1.01. The van der Waals surface area contributed by atoms with Gasteiger partial charge in [0.25, 0.3) is 0 Å². The van der Waals surface area contributed by atoms with Crippen LogP contribution >= 0.6 is 11.8 Å². The predicted molar refractivity (Wildman–Crippen MR) is 87.0 cm³/mol. The maximum atomic E-state index is 11.9. The zero-order chi connectivity index (χ0) is 15.6. The number of rotatable bonds is 3. The van der Waals surface area contributed by atoms with Gasteiger partial charge in [-0.05, 0) is 30.7 Å². The van der Waals surface area contributed by atoms with Gasteiger partial charge >= 0.3 is 0 Å². The van der Waals surface area contributed by atoms with Crippen molar-refractivity contribution in [3.8, 4) is 0 Å². The Balaban J connectivity index is 2.38. The van der Waals surface area contributed by atoms with Crippen molar-refractivity contribution < 1.29 is 13.6 Å². The van der Waals surface area contributed by atoms with Crippen LogP contribution in [0.4, 0.5) is 5.69 Å². The van der Waals surface area contributed by atoms with E-state index in [0.29, 0.717) is 17.9 Å². The zero-order valence-electron chi connectivity index (χ0n) is 12.0. The first kappa shape index (κ1) is 16.0. The number of oxime groups is 1. The SMILES string of the molecule is Cc1cc(N2CCSCC2S(C)(=O)=O)ccc1/C(N)=N/O. The molecule has 1 aliphatic heterocycles. The van der Waals surface area contributed by atoms with Crippen molar-refractivity contribution in [2.75, 3.05) is 29.2 Å². The number of amidine groups is 1. The lowest BCUT2D eigenvalue weighted by atomic mass is 10.1. The molecule has 1 atom stereocenters. The van der Waals surface area contributed by atoms with E-state index in [9.17, 15) is 8.42 Å². The fourth-order valence-corrected chi connectivity index (χ4v) is 5.24. The van der Waals surface area contributed by atoms with Gasteiger partial charge in [-0.2, -0.15) is 11.8 Å². The van der Waals surface area contributed by atoms with Crippen molar-refractivity contribution in [2.45, 2.75) is 12.3 Å². The van der Waals surface area contributed by atoms with Crippen molar-refractivity contribution in [1.29, 1.82) is 0 Å². The molecular formula is C13H19N3O3S2. The maximum absolute atomic E-state index is 11.9. The molecule has 0 amide bonds. The van der Waals surface area contributed by atoms with Crippen LogP contribution in [0.5, 0.6) is 0 Å². The summed E-state index contributed by atoms with van der Waals surface area (Å²) >= 11 is 1.65. The number of aryl methyl sites for hydroxylation is 1. The normalized spacial score (nSPS) is 20.6. The van der Waals surface area contributed by atoms with Gasteiger partial charge in [0.2, 0.25) is 0 Å². The van der Waals surface area contributed by atoms with Crippen LogP contribution in [-0.4, -0.2) is 49.1 Å². The first-order valence-corrected chi connectivity index (χ1v) is 9.57. The average molecular weight is 329 g/mol. The first-order chi connectivity index (χ1) is 9.84. The highest BCUT2D eigenvalue weighted by molar-refractivity contribution is 8.01. The van der Waals surface area contributed by atoms with E-state index in [-0.39, 0.29) is 5.84 Å². The molecule has 0 saturated carbocycles. The fraction of sp³-hybridized carbons (Fsp3) is 0.462. The Morgan fingerprint density at radius 2 is 2.24 bits per heavy atom. The number of thioether (sulfide) groups is 1. The van der Waals surface area contributed by atoms with Gasteiger partial charge < -0.3 is 15.8 Å². The minimum absolute atomic E-state index is 0.0490. The number of hydrogen-bond acceptors (Lipinski definition) is 6. The monoisotopic (exact) mass is 329 g/mol. The van der Waals surface area contributed by atoms with Gasteiger partial charge in [-0.1, -0.05) is 5.16 Å². The zero-order valence-corrected chi connectivity index (χ0v) is 13.6. The minimum atomic E-state index is -3.15. The van der Waals surface area contributed by atoms with Gasteiger partial charge in [-0.15, -0.1) is 0 Å².